The van der Waals surface area contributed by atoms with E-state index < -0.39 is 19.0 Å². The molecule has 2 fully saturated rings. The zero-order chi connectivity index (χ0) is 25.4. The van der Waals surface area contributed by atoms with Gasteiger partial charge in [-0.05, 0) is 49.2 Å². The number of benzene rings is 1. The van der Waals surface area contributed by atoms with Gasteiger partial charge in [-0.25, -0.2) is 28.2 Å². The van der Waals surface area contributed by atoms with E-state index in [1.807, 2.05) is 0 Å². The molecule has 6 rings (SSSR count). The molecule has 1 aromatic carbocycles. The van der Waals surface area contributed by atoms with Crippen LogP contribution in [0.4, 0.5) is 30.8 Å². The molecule has 190 valence electrons. The van der Waals surface area contributed by atoms with Crippen molar-refractivity contribution in [2.45, 2.75) is 38.0 Å². The van der Waals surface area contributed by atoms with Crippen molar-refractivity contribution in [2.75, 3.05) is 28.6 Å². The van der Waals surface area contributed by atoms with E-state index in [1.165, 1.54) is 4.68 Å². The lowest BCUT2D eigenvalue weighted by Gasteiger charge is -2.33. The smallest absolute Gasteiger partial charge is 0.323 e. The number of nitrogens with zero attached hydrogens (tertiary/aromatic N) is 6. The van der Waals surface area contributed by atoms with E-state index in [0.29, 0.717) is 52.7 Å². The minimum Gasteiger partial charge on any atom is -0.371 e. The summed E-state index contributed by atoms with van der Waals surface area (Å²) in [4.78, 5) is 27.9. The van der Waals surface area contributed by atoms with Gasteiger partial charge >= 0.3 is 6.03 Å². The number of amides is 2. The van der Waals surface area contributed by atoms with Crippen LogP contribution >= 0.6 is 0 Å². The average molecular weight is 507 g/mol. The Balaban J connectivity index is 1.29. The fraction of sp³-hybridized carbons (Fsp3) is 0.320. The lowest BCUT2D eigenvalue weighted by atomic mass is 10.2. The first-order valence-electron chi connectivity index (χ1n) is 12.0. The second kappa shape index (κ2) is 9.69. The molecule has 37 heavy (non-hydrogen) atoms. The molecule has 12 heteroatoms. The third-order valence-electron chi connectivity index (χ3n) is 6.45. The predicted molar refractivity (Wildman–Crippen MR) is 134 cm³/mol. The number of nitrogens with one attached hydrogen (secondary N) is 2. The number of pyridine rings is 1. The van der Waals surface area contributed by atoms with Gasteiger partial charge in [-0.2, -0.15) is 5.10 Å². The molecule has 10 nitrogen and oxygen atoms in total. The number of carbonyl (C=O) groups is 1. The highest BCUT2D eigenvalue weighted by Gasteiger charge is 2.35. The molecule has 2 unspecified atom stereocenters. The number of rotatable bonds is 6. The summed E-state index contributed by atoms with van der Waals surface area (Å²) < 4.78 is 33.6. The SMILES string of the molecule is O=C(Nc1ccc(-c2nc(N3CC4CCC(C3)O4)c3cnn(CC(F)F)c3n2)cc1)Nc1cccnc1. The molecule has 4 aromatic rings. The Hall–Kier alpha value is -4.19. The number of ether oxygens (including phenoxy) is 1. The lowest BCUT2D eigenvalue weighted by Crippen LogP contribution is -2.43. The van der Waals surface area contributed by atoms with Crippen LogP contribution in [0.5, 0.6) is 0 Å². The van der Waals surface area contributed by atoms with E-state index in [-0.39, 0.29) is 12.2 Å². The molecule has 2 atom stereocenters. The number of morpholine rings is 1. The summed E-state index contributed by atoms with van der Waals surface area (Å²) >= 11 is 0. The molecule has 0 spiro atoms. The zero-order valence-corrected chi connectivity index (χ0v) is 19.7. The van der Waals surface area contributed by atoms with Crippen molar-refractivity contribution in [3.8, 4) is 11.4 Å². The fourth-order valence-corrected chi connectivity index (χ4v) is 4.80. The van der Waals surface area contributed by atoms with E-state index in [2.05, 4.69) is 30.6 Å². The van der Waals surface area contributed by atoms with Crippen molar-refractivity contribution >= 4 is 34.3 Å². The Morgan fingerprint density at radius 2 is 1.78 bits per heavy atom. The third-order valence-corrected chi connectivity index (χ3v) is 6.45. The summed E-state index contributed by atoms with van der Waals surface area (Å²) in [7, 11) is 0. The largest absolute Gasteiger partial charge is 0.371 e. The van der Waals surface area contributed by atoms with Crippen molar-refractivity contribution in [3.05, 3.63) is 55.0 Å². The van der Waals surface area contributed by atoms with Gasteiger partial charge in [0.15, 0.2) is 11.5 Å². The van der Waals surface area contributed by atoms with Gasteiger partial charge in [-0.3, -0.25) is 4.98 Å². The van der Waals surface area contributed by atoms with Gasteiger partial charge in [0.25, 0.3) is 6.43 Å². The molecule has 2 aliphatic heterocycles. The normalized spacial score (nSPS) is 18.9. The Kier molecular flexibility index (Phi) is 6.08. The highest BCUT2D eigenvalue weighted by Crippen LogP contribution is 2.34. The highest BCUT2D eigenvalue weighted by atomic mass is 19.3. The van der Waals surface area contributed by atoms with E-state index in [0.717, 1.165) is 12.8 Å². The van der Waals surface area contributed by atoms with E-state index in [4.69, 9.17) is 9.72 Å². The number of carbonyl (C=O) groups excluding carboxylic acids is 1. The summed E-state index contributed by atoms with van der Waals surface area (Å²) in [5.74, 6) is 1.06. The third kappa shape index (κ3) is 4.92. The van der Waals surface area contributed by atoms with Crippen LogP contribution in [0.15, 0.2) is 55.0 Å². The molecular weight excluding hydrogens is 482 g/mol. The van der Waals surface area contributed by atoms with Crippen LogP contribution in [0.25, 0.3) is 22.4 Å². The number of alkyl halides is 2. The maximum absolute atomic E-state index is 13.2. The van der Waals surface area contributed by atoms with Crippen molar-refractivity contribution in [2.24, 2.45) is 0 Å². The molecule has 3 aromatic heterocycles. The van der Waals surface area contributed by atoms with Crippen molar-refractivity contribution < 1.29 is 18.3 Å². The molecule has 2 aliphatic rings. The van der Waals surface area contributed by atoms with Crippen LogP contribution in [0, 0.1) is 0 Å². The number of fused-ring (bicyclic) bond motifs is 3. The van der Waals surface area contributed by atoms with Crippen LogP contribution in [-0.4, -0.2) is 62.5 Å². The Morgan fingerprint density at radius 1 is 1.03 bits per heavy atom. The van der Waals surface area contributed by atoms with Crippen molar-refractivity contribution in [3.63, 3.8) is 0 Å². The number of anilines is 3. The maximum atomic E-state index is 13.2. The Labute approximate surface area is 210 Å². The first-order valence-corrected chi connectivity index (χ1v) is 12.0. The number of hydrogen-bond acceptors (Lipinski definition) is 7. The minimum atomic E-state index is -2.56. The first kappa shape index (κ1) is 23.2. The van der Waals surface area contributed by atoms with Crippen molar-refractivity contribution in [1.29, 1.82) is 0 Å². The molecule has 2 amide bonds. The Morgan fingerprint density at radius 3 is 2.49 bits per heavy atom. The second-order valence-corrected chi connectivity index (χ2v) is 9.09. The molecular formula is C25H24F2N8O2. The van der Waals surface area contributed by atoms with Gasteiger partial charge < -0.3 is 20.3 Å². The topological polar surface area (TPSA) is 110 Å². The van der Waals surface area contributed by atoms with Gasteiger partial charge in [-0.15, -0.1) is 0 Å². The highest BCUT2D eigenvalue weighted by molar-refractivity contribution is 5.99. The van der Waals surface area contributed by atoms with Gasteiger partial charge in [0.2, 0.25) is 0 Å². The maximum Gasteiger partial charge on any atom is 0.323 e. The van der Waals surface area contributed by atoms with Crippen LogP contribution < -0.4 is 15.5 Å². The first-order chi connectivity index (χ1) is 18.0. The van der Waals surface area contributed by atoms with Gasteiger partial charge in [0.05, 0.1) is 35.7 Å². The predicted octanol–water partition coefficient (Wildman–Crippen LogP) is 4.17. The number of urea groups is 1. The monoisotopic (exact) mass is 506 g/mol. The molecule has 0 radical (unpaired) electrons. The number of aromatic nitrogens is 5. The summed E-state index contributed by atoms with van der Waals surface area (Å²) in [6.07, 6.45) is 4.42. The quantitative estimate of drug-likeness (QED) is 0.404. The zero-order valence-electron chi connectivity index (χ0n) is 19.7. The van der Waals surface area contributed by atoms with Gasteiger partial charge in [-0.1, -0.05) is 0 Å². The molecule has 2 N–H and O–H groups in total. The van der Waals surface area contributed by atoms with Crippen molar-refractivity contribution in [1.82, 2.24) is 24.7 Å². The summed E-state index contributed by atoms with van der Waals surface area (Å²) in [5, 5.41) is 10.3. The van der Waals surface area contributed by atoms with Crippen LogP contribution in [-0.2, 0) is 11.3 Å². The van der Waals surface area contributed by atoms with E-state index >= 15 is 0 Å². The summed E-state index contributed by atoms with van der Waals surface area (Å²) in [6, 6.07) is 10.1. The fourth-order valence-electron chi connectivity index (χ4n) is 4.80. The van der Waals surface area contributed by atoms with Crippen LogP contribution in [0.2, 0.25) is 0 Å². The molecule has 2 bridgehead atoms. The van der Waals surface area contributed by atoms with Gasteiger partial charge in [0.1, 0.15) is 12.4 Å². The van der Waals surface area contributed by atoms with E-state index in [9.17, 15) is 13.6 Å². The molecule has 2 saturated heterocycles. The van der Waals surface area contributed by atoms with E-state index in [1.54, 1.807) is 55.0 Å². The minimum absolute atomic E-state index is 0.131. The number of halogens is 2. The Bertz CT molecular complexity index is 1400. The lowest BCUT2D eigenvalue weighted by molar-refractivity contribution is 0.0303. The molecule has 0 aliphatic carbocycles. The summed E-state index contributed by atoms with van der Waals surface area (Å²) in [6.45, 7) is 0.802. The van der Waals surface area contributed by atoms with Crippen LogP contribution in [0.3, 0.4) is 0 Å². The van der Waals surface area contributed by atoms with Crippen LogP contribution in [0.1, 0.15) is 12.8 Å². The summed E-state index contributed by atoms with van der Waals surface area (Å²) in [5.41, 5.74) is 2.18. The number of hydrogen-bond donors (Lipinski definition) is 2. The average Bonchev–Trinajstić information content (AvgIpc) is 3.45. The second-order valence-electron chi connectivity index (χ2n) is 9.09. The van der Waals surface area contributed by atoms with Gasteiger partial charge in [0, 0.05) is 30.5 Å². The molecule has 5 heterocycles. The standard InChI is InChI=1S/C25H24F2N8O2/c26-21(27)14-35-24-20(11-29-35)23(34-12-18-7-8-19(13-34)37-18)32-22(33-24)15-3-5-16(6-4-15)30-25(36)31-17-2-1-9-28-10-17/h1-6,9-11,18-19,21H,7-8,12-14H2,(H2,30,31,36). The molecule has 0 saturated carbocycles.